The Morgan fingerprint density at radius 1 is 1.15 bits per heavy atom. The molecule has 0 radical (unpaired) electrons. The van der Waals surface area contributed by atoms with Gasteiger partial charge in [0.2, 0.25) is 0 Å². The van der Waals surface area contributed by atoms with E-state index in [9.17, 15) is 35.4 Å². The largest absolute Gasteiger partial charge is 0.479 e. The third-order valence-corrected chi connectivity index (χ3v) is 10.7. The number of hydrogen-bond acceptors (Lipinski definition) is 9. The molecule has 10 heteroatoms. The standard InChI is InChI=1S/C29H47NO9/c1-25(2,36)9-8-23(33)28(5,37)22-7-11-29(38)17-12-19(30-39-15-24(34)35)18-13-20(31)21(32)14-26(18,3)16(17)6-10-27(22,29)4/h12,16,20-23,30-33,36-38H,6-11,13-15H2,1-5H3,(H,34,35)/t16-,20+,21-,22-,23?,26+,27+,28+,29+/m0/s1. The van der Waals surface area contributed by atoms with E-state index in [1.54, 1.807) is 20.8 Å². The molecule has 39 heavy (non-hydrogen) atoms. The molecule has 4 aliphatic rings. The molecule has 3 saturated carbocycles. The molecule has 9 atom stereocenters. The average Bonchev–Trinajstić information content (AvgIpc) is 3.10. The first kappa shape index (κ1) is 30.4. The molecule has 4 aliphatic carbocycles. The van der Waals surface area contributed by atoms with E-state index in [1.165, 1.54) is 0 Å². The highest BCUT2D eigenvalue weighted by molar-refractivity contribution is 5.68. The fourth-order valence-corrected chi connectivity index (χ4v) is 8.37. The van der Waals surface area contributed by atoms with Gasteiger partial charge in [-0.15, -0.1) is 0 Å². The maximum absolute atomic E-state index is 12.5. The van der Waals surface area contributed by atoms with E-state index in [0.29, 0.717) is 37.8 Å². The van der Waals surface area contributed by atoms with Crippen LogP contribution >= 0.6 is 0 Å². The summed E-state index contributed by atoms with van der Waals surface area (Å²) in [7, 11) is 0. The number of carboxylic acid groups (broad SMARTS) is 1. The van der Waals surface area contributed by atoms with Gasteiger partial charge in [0.1, 0.15) is 0 Å². The lowest BCUT2D eigenvalue weighted by Crippen LogP contribution is -2.61. The van der Waals surface area contributed by atoms with Crippen LogP contribution in [-0.2, 0) is 9.63 Å². The van der Waals surface area contributed by atoms with Gasteiger partial charge in [0.15, 0.2) is 6.61 Å². The normalized spacial score (nSPS) is 40.6. The van der Waals surface area contributed by atoms with Gasteiger partial charge in [-0.2, -0.15) is 0 Å². The Hall–Kier alpha value is -1.53. The molecule has 0 aromatic rings. The third-order valence-electron chi connectivity index (χ3n) is 10.7. The van der Waals surface area contributed by atoms with Crippen LogP contribution in [0.5, 0.6) is 0 Å². The second kappa shape index (κ2) is 10.1. The summed E-state index contributed by atoms with van der Waals surface area (Å²) in [4.78, 5) is 16.3. The van der Waals surface area contributed by atoms with Crippen LogP contribution in [0.1, 0.15) is 86.0 Å². The highest BCUT2D eigenvalue weighted by Gasteiger charge is 2.68. The van der Waals surface area contributed by atoms with Gasteiger partial charge < -0.3 is 35.7 Å². The molecular formula is C29H47NO9. The first-order valence-corrected chi connectivity index (χ1v) is 14.1. The minimum atomic E-state index is -1.51. The Bertz CT molecular complexity index is 1030. The molecule has 4 rings (SSSR count). The Morgan fingerprint density at radius 3 is 2.44 bits per heavy atom. The van der Waals surface area contributed by atoms with Gasteiger partial charge >= 0.3 is 5.97 Å². The number of fused-ring (bicyclic) bond motifs is 5. The quantitative estimate of drug-likeness (QED) is 0.195. The van der Waals surface area contributed by atoms with Crippen molar-refractivity contribution in [2.24, 2.45) is 22.7 Å². The van der Waals surface area contributed by atoms with Crippen molar-refractivity contribution in [3.05, 3.63) is 22.9 Å². The van der Waals surface area contributed by atoms with Gasteiger partial charge in [-0.25, -0.2) is 4.79 Å². The zero-order valence-electron chi connectivity index (χ0n) is 23.8. The summed E-state index contributed by atoms with van der Waals surface area (Å²) in [6.07, 6.45) is 1.92. The van der Waals surface area contributed by atoms with Crippen molar-refractivity contribution >= 4 is 5.97 Å². The van der Waals surface area contributed by atoms with Crippen molar-refractivity contribution in [3.63, 3.8) is 0 Å². The molecule has 0 aromatic carbocycles. The second-order valence-corrected chi connectivity index (χ2v) is 13.8. The summed E-state index contributed by atoms with van der Waals surface area (Å²) in [5.74, 6) is -1.71. The Kier molecular flexibility index (Phi) is 7.86. The lowest BCUT2D eigenvalue weighted by molar-refractivity contribution is -0.168. The van der Waals surface area contributed by atoms with E-state index in [1.807, 2.05) is 19.9 Å². The van der Waals surface area contributed by atoms with Crippen LogP contribution < -0.4 is 5.48 Å². The molecule has 0 amide bonds. The Balaban J connectivity index is 1.72. The monoisotopic (exact) mass is 553 g/mol. The van der Waals surface area contributed by atoms with Gasteiger partial charge in [0, 0.05) is 10.8 Å². The van der Waals surface area contributed by atoms with Crippen LogP contribution in [0, 0.1) is 22.7 Å². The molecule has 0 spiro atoms. The zero-order valence-corrected chi connectivity index (χ0v) is 23.8. The van der Waals surface area contributed by atoms with Crippen LogP contribution in [0.25, 0.3) is 0 Å². The third kappa shape index (κ3) is 5.07. The SMILES string of the molecule is CC(C)(O)CCC(O)[C@](C)(O)[C@H]1CC[C@@]2(O)C3=CC(NOCC(=O)O)=C4C[C@@H](O)[C@@H](O)C[C@]4(C)[C@H]3CC[C@]12C. The summed E-state index contributed by atoms with van der Waals surface area (Å²) in [5.41, 5.74) is -0.387. The van der Waals surface area contributed by atoms with Crippen molar-refractivity contribution in [1.82, 2.24) is 5.48 Å². The minimum Gasteiger partial charge on any atom is -0.479 e. The van der Waals surface area contributed by atoms with Crippen molar-refractivity contribution in [3.8, 4) is 0 Å². The molecule has 3 fully saturated rings. The summed E-state index contributed by atoms with van der Waals surface area (Å²) in [6, 6.07) is 0. The fraction of sp³-hybridized carbons (Fsp3) is 0.828. The first-order valence-electron chi connectivity index (χ1n) is 14.1. The minimum absolute atomic E-state index is 0.137. The van der Waals surface area contributed by atoms with E-state index in [0.717, 1.165) is 11.1 Å². The van der Waals surface area contributed by atoms with E-state index in [-0.39, 0.29) is 25.2 Å². The molecule has 0 bridgehead atoms. The van der Waals surface area contributed by atoms with Crippen LogP contribution in [0.15, 0.2) is 22.9 Å². The number of carboxylic acids is 1. The van der Waals surface area contributed by atoms with Gasteiger partial charge in [-0.05, 0) is 101 Å². The topological polar surface area (TPSA) is 180 Å². The molecule has 1 unspecified atom stereocenters. The maximum Gasteiger partial charge on any atom is 0.332 e. The fourth-order valence-electron chi connectivity index (χ4n) is 8.37. The highest BCUT2D eigenvalue weighted by atomic mass is 16.7. The van der Waals surface area contributed by atoms with Crippen molar-refractivity contribution in [2.45, 2.75) is 121 Å². The smallest absolute Gasteiger partial charge is 0.332 e. The lowest BCUT2D eigenvalue weighted by atomic mass is 9.47. The number of nitrogens with one attached hydrogen (secondary N) is 1. The molecule has 8 N–H and O–H groups in total. The molecule has 0 aliphatic heterocycles. The number of carbonyl (C=O) groups is 1. The average molecular weight is 554 g/mol. The molecule has 10 nitrogen and oxygen atoms in total. The Morgan fingerprint density at radius 2 is 1.82 bits per heavy atom. The number of allylic oxidation sites excluding steroid dienone is 1. The number of aliphatic carboxylic acids is 1. The molecule has 0 aromatic heterocycles. The van der Waals surface area contributed by atoms with Crippen molar-refractivity contribution in [1.29, 1.82) is 0 Å². The summed E-state index contributed by atoms with van der Waals surface area (Å²) in [6.45, 7) is 8.35. The first-order chi connectivity index (χ1) is 17.9. The second-order valence-electron chi connectivity index (χ2n) is 13.8. The Labute approximate surface area is 230 Å². The number of rotatable bonds is 9. The van der Waals surface area contributed by atoms with E-state index >= 15 is 0 Å². The van der Waals surface area contributed by atoms with Crippen molar-refractivity contribution < 1.29 is 45.4 Å². The number of hydroxylamine groups is 1. The number of aliphatic hydroxyl groups excluding tert-OH is 3. The van der Waals surface area contributed by atoms with Crippen molar-refractivity contribution in [2.75, 3.05) is 6.61 Å². The van der Waals surface area contributed by atoms with Gasteiger partial charge in [-0.1, -0.05) is 13.8 Å². The molecule has 0 saturated heterocycles. The lowest BCUT2D eigenvalue weighted by Gasteiger charge is -2.60. The van der Waals surface area contributed by atoms with Crippen LogP contribution in [0.4, 0.5) is 0 Å². The number of hydrogen-bond donors (Lipinski definition) is 8. The van der Waals surface area contributed by atoms with Crippen LogP contribution in [0.3, 0.4) is 0 Å². The van der Waals surface area contributed by atoms with E-state index < -0.39 is 64.4 Å². The number of aliphatic hydroxyl groups is 6. The summed E-state index contributed by atoms with van der Waals surface area (Å²) in [5, 5.41) is 75.6. The van der Waals surface area contributed by atoms with Crippen LogP contribution in [0.2, 0.25) is 0 Å². The van der Waals surface area contributed by atoms with E-state index in [4.69, 9.17) is 9.94 Å². The van der Waals surface area contributed by atoms with Gasteiger partial charge in [-0.3, -0.25) is 10.3 Å². The van der Waals surface area contributed by atoms with Gasteiger partial charge in [0.25, 0.3) is 0 Å². The predicted octanol–water partition coefficient (Wildman–Crippen LogP) is 1.53. The highest BCUT2D eigenvalue weighted by Crippen LogP contribution is 2.68. The predicted molar refractivity (Wildman–Crippen MR) is 142 cm³/mol. The molecule has 222 valence electrons. The summed E-state index contributed by atoms with van der Waals surface area (Å²) >= 11 is 0. The van der Waals surface area contributed by atoms with Crippen LogP contribution in [-0.4, -0.2) is 83.4 Å². The zero-order chi connectivity index (χ0) is 29.2. The van der Waals surface area contributed by atoms with E-state index in [2.05, 4.69) is 5.48 Å². The molecular weight excluding hydrogens is 506 g/mol. The maximum atomic E-state index is 12.5. The summed E-state index contributed by atoms with van der Waals surface area (Å²) < 4.78 is 0. The van der Waals surface area contributed by atoms with Gasteiger partial charge in [0.05, 0.1) is 40.8 Å². The molecule has 0 heterocycles.